The molecule has 190 valence electrons. The van der Waals surface area contributed by atoms with Gasteiger partial charge in [-0.25, -0.2) is 19.3 Å². The number of imide groups is 1. The van der Waals surface area contributed by atoms with Crippen LogP contribution < -0.4 is 5.32 Å². The first-order valence-electron chi connectivity index (χ1n) is 12.4. The second kappa shape index (κ2) is 8.64. The van der Waals surface area contributed by atoms with E-state index in [4.69, 9.17) is 0 Å². The molecule has 1 saturated heterocycles. The molecule has 2 atom stereocenters. The molecule has 0 bridgehead atoms. The highest BCUT2D eigenvalue weighted by Gasteiger charge is 2.38. The summed E-state index contributed by atoms with van der Waals surface area (Å²) >= 11 is 0. The summed E-state index contributed by atoms with van der Waals surface area (Å²) in [5.41, 5.74) is 1.25. The minimum atomic E-state index is -0.600. The third-order valence-corrected chi connectivity index (χ3v) is 7.33. The molecule has 12 heteroatoms. The van der Waals surface area contributed by atoms with Crippen molar-refractivity contribution >= 4 is 40.4 Å². The van der Waals surface area contributed by atoms with Crippen molar-refractivity contribution < 1.29 is 19.2 Å². The molecule has 6 heterocycles. The molecule has 0 saturated carbocycles. The Kier molecular flexibility index (Phi) is 5.39. The van der Waals surface area contributed by atoms with E-state index in [1.54, 1.807) is 34.0 Å². The van der Waals surface area contributed by atoms with E-state index in [-0.39, 0.29) is 47.1 Å². The molecule has 1 fully saturated rings. The Bertz CT molecular complexity index is 1500. The van der Waals surface area contributed by atoms with Gasteiger partial charge in [0.25, 0.3) is 11.8 Å². The second-order valence-corrected chi connectivity index (χ2v) is 9.92. The Balaban J connectivity index is 1.32. The Morgan fingerprint density at radius 2 is 1.89 bits per heavy atom. The van der Waals surface area contributed by atoms with Crippen LogP contribution in [0.1, 0.15) is 48.7 Å². The molecule has 0 radical (unpaired) electrons. The van der Waals surface area contributed by atoms with Crippen LogP contribution in [-0.4, -0.2) is 83.3 Å². The molecule has 0 aromatic carbocycles. The predicted octanol–water partition coefficient (Wildman–Crippen LogP) is 1.23. The number of hydrogen-bond acceptors (Lipinski definition) is 7. The fraction of sp³-hybridized carbons (Fsp3) is 0.400. The molecule has 1 N–H and O–H groups in total. The molecule has 0 spiro atoms. The van der Waals surface area contributed by atoms with Gasteiger partial charge in [0.15, 0.2) is 11.5 Å². The van der Waals surface area contributed by atoms with E-state index >= 15 is 0 Å². The lowest BCUT2D eigenvalue weighted by atomic mass is 9.95. The summed E-state index contributed by atoms with van der Waals surface area (Å²) in [4.78, 5) is 64.3. The Labute approximate surface area is 212 Å². The summed E-state index contributed by atoms with van der Waals surface area (Å²) in [5, 5.41) is 6.57. The van der Waals surface area contributed by atoms with Crippen molar-refractivity contribution in [1.29, 1.82) is 0 Å². The average molecular weight is 503 g/mol. The molecule has 3 aliphatic rings. The third kappa shape index (κ3) is 3.79. The van der Waals surface area contributed by atoms with E-state index in [1.807, 2.05) is 11.8 Å². The van der Waals surface area contributed by atoms with Crippen molar-refractivity contribution in [3.63, 3.8) is 0 Å². The summed E-state index contributed by atoms with van der Waals surface area (Å²) < 4.78 is 3.13. The van der Waals surface area contributed by atoms with Crippen molar-refractivity contribution in [1.82, 2.24) is 39.3 Å². The number of likely N-dealkylation sites (tertiary alicyclic amines) is 1. The van der Waals surface area contributed by atoms with Crippen LogP contribution in [0, 0.1) is 5.92 Å². The van der Waals surface area contributed by atoms with Crippen LogP contribution in [0.3, 0.4) is 0 Å². The van der Waals surface area contributed by atoms with E-state index < -0.39 is 11.8 Å². The van der Waals surface area contributed by atoms with Gasteiger partial charge in [0.1, 0.15) is 0 Å². The first-order valence-corrected chi connectivity index (χ1v) is 12.4. The highest BCUT2D eigenvalue weighted by molar-refractivity contribution is 6.48. The van der Waals surface area contributed by atoms with Gasteiger partial charge in [0.05, 0.1) is 35.3 Å². The largest absolute Gasteiger partial charge is 0.326 e. The molecular weight excluding hydrogens is 476 g/mol. The Morgan fingerprint density at radius 1 is 1.08 bits per heavy atom. The van der Waals surface area contributed by atoms with Gasteiger partial charge in [0, 0.05) is 38.1 Å². The average Bonchev–Trinajstić information content (AvgIpc) is 3.54. The first kappa shape index (κ1) is 23.1. The maximum atomic E-state index is 13.3. The van der Waals surface area contributed by atoms with E-state index in [0.717, 1.165) is 12.8 Å². The number of carbonyl (C=O) groups excluding carboxylic acids is 4. The van der Waals surface area contributed by atoms with Crippen LogP contribution in [0.5, 0.6) is 0 Å². The lowest BCUT2D eigenvalue weighted by molar-refractivity contribution is -0.122. The highest BCUT2D eigenvalue weighted by atomic mass is 16.2. The zero-order valence-corrected chi connectivity index (χ0v) is 20.5. The maximum Gasteiger partial charge on any atom is 0.320 e. The van der Waals surface area contributed by atoms with Crippen LogP contribution in [0.25, 0.3) is 16.8 Å². The summed E-state index contributed by atoms with van der Waals surface area (Å²) in [6.07, 6.45) is 6.66. The van der Waals surface area contributed by atoms with Crippen LogP contribution in [0.4, 0.5) is 4.79 Å². The number of urea groups is 1. The number of imidazole rings is 2. The summed E-state index contributed by atoms with van der Waals surface area (Å²) in [6, 6.07) is 3.45. The normalized spacial score (nSPS) is 22.5. The van der Waals surface area contributed by atoms with Crippen molar-refractivity contribution in [3.8, 4) is 0 Å². The van der Waals surface area contributed by atoms with E-state index in [9.17, 15) is 19.2 Å². The molecule has 6 rings (SSSR count). The number of carbonyl (C=O) groups is 4. The number of nitrogens with one attached hydrogen (secondary N) is 1. The number of rotatable bonds is 2. The van der Waals surface area contributed by atoms with E-state index in [2.05, 4.69) is 27.3 Å². The van der Waals surface area contributed by atoms with Crippen molar-refractivity contribution in [2.75, 3.05) is 19.6 Å². The lowest BCUT2D eigenvalue weighted by Gasteiger charge is -2.39. The predicted molar refractivity (Wildman–Crippen MR) is 131 cm³/mol. The van der Waals surface area contributed by atoms with Crippen molar-refractivity contribution in [2.24, 2.45) is 5.92 Å². The second-order valence-electron chi connectivity index (χ2n) is 9.92. The Morgan fingerprint density at radius 3 is 2.73 bits per heavy atom. The van der Waals surface area contributed by atoms with Gasteiger partial charge < -0.3 is 14.4 Å². The zero-order valence-electron chi connectivity index (χ0n) is 20.5. The number of aromatic nitrogens is 5. The van der Waals surface area contributed by atoms with E-state index in [1.165, 1.54) is 10.7 Å². The lowest BCUT2D eigenvalue weighted by Crippen LogP contribution is -2.52. The summed E-state index contributed by atoms with van der Waals surface area (Å²) in [7, 11) is 0. The molecule has 3 aliphatic heterocycles. The number of fused-ring (bicyclic) bond motifs is 2. The quantitative estimate of drug-likeness (QED) is 0.521. The number of ketones is 1. The topological polar surface area (TPSA) is 135 Å². The van der Waals surface area contributed by atoms with Crippen LogP contribution in [0.15, 0.2) is 30.7 Å². The number of amides is 4. The van der Waals surface area contributed by atoms with Crippen LogP contribution >= 0.6 is 0 Å². The fourth-order valence-electron chi connectivity index (χ4n) is 5.32. The first-order chi connectivity index (χ1) is 17.8. The van der Waals surface area contributed by atoms with E-state index in [0.29, 0.717) is 36.9 Å². The molecule has 37 heavy (non-hydrogen) atoms. The monoisotopic (exact) mass is 502 g/mol. The third-order valence-electron chi connectivity index (χ3n) is 7.33. The van der Waals surface area contributed by atoms with Gasteiger partial charge in [-0.2, -0.15) is 5.10 Å². The minimum Gasteiger partial charge on any atom is -0.326 e. The molecule has 4 amide bonds. The van der Waals surface area contributed by atoms with Gasteiger partial charge >= 0.3 is 6.03 Å². The molecule has 12 nitrogen and oxygen atoms in total. The number of Topliss-reactive ketones (excluding diaryl/α,β-unsaturated/α-hetero) is 1. The minimum absolute atomic E-state index is 0.0647. The standard InChI is InChI=1S/C25H26N8O4/c1-14-5-6-15(2)32(11-14)25(37)31-9-8-30-12-16(28-22(30)18(34)13-31)20-21(24(36)29-23(20)35)17-10-26-19-4-3-7-27-33(17)19/h3-4,7,10,12,14-15H,5-6,8-9,11,13H2,1-2H3,(H,29,35,36). The van der Waals surface area contributed by atoms with Crippen molar-refractivity contribution in [2.45, 2.75) is 39.3 Å². The number of nitrogens with zero attached hydrogens (tertiary/aromatic N) is 7. The Hall–Kier alpha value is -4.35. The SMILES string of the molecule is CC1CCC(C)N(C(=O)N2CCn3cc(C4=C(c5cnc6cccnn56)C(=O)NC4=O)nc3C(=O)C2)C1. The zero-order chi connectivity index (χ0) is 25.8. The maximum absolute atomic E-state index is 13.3. The fourth-order valence-corrected chi connectivity index (χ4v) is 5.32. The smallest absolute Gasteiger partial charge is 0.320 e. The van der Waals surface area contributed by atoms with Gasteiger partial charge in [-0.1, -0.05) is 6.92 Å². The molecular formula is C25H26N8O4. The van der Waals surface area contributed by atoms with Crippen LogP contribution in [0.2, 0.25) is 0 Å². The molecule has 3 aromatic rings. The van der Waals surface area contributed by atoms with Gasteiger partial charge in [-0.15, -0.1) is 0 Å². The number of piperidine rings is 1. The van der Waals surface area contributed by atoms with Gasteiger partial charge in [0.2, 0.25) is 5.78 Å². The summed E-state index contributed by atoms with van der Waals surface area (Å²) in [5.74, 6) is -0.925. The van der Waals surface area contributed by atoms with Gasteiger partial charge in [-0.05, 0) is 37.8 Å². The number of hydrogen-bond donors (Lipinski definition) is 1. The van der Waals surface area contributed by atoms with Gasteiger partial charge in [-0.3, -0.25) is 19.7 Å². The molecule has 3 aromatic heterocycles. The van der Waals surface area contributed by atoms with Crippen LogP contribution in [-0.2, 0) is 16.1 Å². The highest BCUT2D eigenvalue weighted by Crippen LogP contribution is 2.31. The van der Waals surface area contributed by atoms with Crippen molar-refractivity contribution in [3.05, 3.63) is 47.9 Å². The molecule has 0 aliphatic carbocycles. The summed E-state index contributed by atoms with van der Waals surface area (Å²) in [6.45, 7) is 5.43. The molecule has 2 unspecified atom stereocenters.